The van der Waals surface area contributed by atoms with Crippen LogP contribution >= 0.6 is 11.6 Å². The summed E-state index contributed by atoms with van der Waals surface area (Å²) >= 11 is 5.84. The van der Waals surface area contributed by atoms with E-state index in [0.717, 1.165) is 12.6 Å². The number of carboxylic acid groups (broad SMARTS) is 1. The quantitative estimate of drug-likeness (QED) is 0.590. The molecule has 0 saturated heterocycles. The first-order valence-electron chi connectivity index (χ1n) is 5.72. The summed E-state index contributed by atoms with van der Waals surface area (Å²) in [4.78, 5) is 24.7. The van der Waals surface area contributed by atoms with E-state index >= 15 is 0 Å². The normalized spacial score (nSPS) is 11.9. The molecule has 1 heterocycles. The summed E-state index contributed by atoms with van der Waals surface area (Å²) in [5.41, 5.74) is -0.209. The van der Waals surface area contributed by atoms with E-state index < -0.39 is 16.8 Å². The highest BCUT2D eigenvalue weighted by atomic mass is 35.5. The van der Waals surface area contributed by atoms with Gasteiger partial charge in [0.1, 0.15) is 12.0 Å². The zero-order valence-electron chi connectivity index (χ0n) is 10.3. The van der Waals surface area contributed by atoms with Crippen LogP contribution in [0, 0.1) is 16.0 Å². The van der Waals surface area contributed by atoms with E-state index in [1.807, 2.05) is 6.92 Å². The van der Waals surface area contributed by atoms with Crippen molar-refractivity contribution in [2.45, 2.75) is 19.8 Å². The number of nitrogens with one attached hydrogen (secondary N) is 1. The molecule has 0 aliphatic heterocycles. The van der Waals surface area contributed by atoms with Crippen molar-refractivity contribution in [1.82, 2.24) is 4.98 Å². The molecule has 8 heteroatoms. The molecular weight excluding hydrogens is 274 g/mol. The fourth-order valence-corrected chi connectivity index (χ4v) is 1.77. The molecule has 1 aromatic rings. The molecule has 0 radical (unpaired) electrons. The van der Waals surface area contributed by atoms with Crippen molar-refractivity contribution in [3.8, 4) is 0 Å². The number of aliphatic carboxylic acids is 1. The molecule has 1 atom stereocenters. The number of nitro groups is 1. The lowest BCUT2D eigenvalue weighted by atomic mass is 10.0. The summed E-state index contributed by atoms with van der Waals surface area (Å²) in [7, 11) is 0. The van der Waals surface area contributed by atoms with Gasteiger partial charge in [-0.2, -0.15) is 0 Å². The topological polar surface area (TPSA) is 105 Å². The van der Waals surface area contributed by atoms with Crippen LogP contribution in [0.5, 0.6) is 0 Å². The van der Waals surface area contributed by atoms with Crippen LogP contribution in [0.4, 0.5) is 11.5 Å². The molecule has 19 heavy (non-hydrogen) atoms. The van der Waals surface area contributed by atoms with Crippen LogP contribution in [0.25, 0.3) is 0 Å². The summed E-state index contributed by atoms with van der Waals surface area (Å²) in [6, 6.07) is 1.17. The maximum atomic E-state index is 11.0. The Balaban J connectivity index is 2.72. The van der Waals surface area contributed by atoms with Crippen LogP contribution in [-0.4, -0.2) is 27.5 Å². The number of hydrogen-bond acceptors (Lipinski definition) is 5. The molecule has 2 N–H and O–H groups in total. The molecule has 104 valence electrons. The van der Waals surface area contributed by atoms with Crippen LogP contribution < -0.4 is 5.32 Å². The highest BCUT2D eigenvalue weighted by molar-refractivity contribution is 6.33. The lowest BCUT2D eigenvalue weighted by Crippen LogP contribution is -2.23. The monoisotopic (exact) mass is 287 g/mol. The Bertz CT molecular complexity index is 481. The first-order chi connectivity index (χ1) is 8.95. The van der Waals surface area contributed by atoms with Crippen molar-refractivity contribution in [3.05, 3.63) is 27.4 Å². The SMILES string of the molecule is CCCC(CNc1ncc([N+](=O)[O-])cc1Cl)C(=O)O. The van der Waals surface area contributed by atoms with Gasteiger partial charge in [-0.25, -0.2) is 4.98 Å². The number of anilines is 1. The summed E-state index contributed by atoms with van der Waals surface area (Å²) < 4.78 is 0. The molecule has 1 aromatic heterocycles. The molecule has 0 saturated carbocycles. The number of rotatable bonds is 7. The summed E-state index contributed by atoms with van der Waals surface area (Å²) in [6.07, 6.45) is 2.36. The zero-order valence-corrected chi connectivity index (χ0v) is 11.1. The molecule has 7 nitrogen and oxygen atoms in total. The van der Waals surface area contributed by atoms with Crippen molar-refractivity contribution < 1.29 is 14.8 Å². The van der Waals surface area contributed by atoms with Gasteiger partial charge in [0.2, 0.25) is 0 Å². The maximum absolute atomic E-state index is 11.0. The Morgan fingerprint density at radius 2 is 2.37 bits per heavy atom. The lowest BCUT2D eigenvalue weighted by molar-refractivity contribution is -0.385. The standard InChI is InChI=1S/C11H14ClN3O4/c1-2-3-7(11(16)17)5-13-10-9(12)4-8(6-14-10)15(18)19/h4,6-7H,2-3,5H2,1H3,(H,13,14)(H,16,17). The highest BCUT2D eigenvalue weighted by Crippen LogP contribution is 2.24. The smallest absolute Gasteiger partial charge is 0.308 e. The van der Waals surface area contributed by atoms with E-state index in [9.17, 15) is 14.9 Å². The van der Waals surface area contributed by atoms with E-state index in [2.05, 4.69) is 10.3 Å². The van der Waals surface area contributed by atoms with Gasteiger partial charge in [-0.1, -0.05) is 24.9 Å². The number of carboxylic acids is 1. The Hall–Kier alpha value is -1.89. The summed E-state index contributed by atoms with van der Waals surface area (Å²) in [5.74, 6) is -1.19. The van der Waals surface area contributed by atoms with E-state index in [4.69, 9.17) is 16.7 Å². The average Bonchev–Trinajstić information content (AvgIpc) is 2.35. The third-order valence-corrected chi connectivity index (χ3v) is 2.83. The highest BCUT2D eigenvalue weighted by Gasteiger charge is 2.17. The Kier molecular flexibility index (Phi) is 5.50. The third kappa shape index (κ3) is 4.36. The predicted octanol–water partition coefficient (Wildman–Crippen LogP) is 2.56. The second-order valence-electron chi connectivity index (χ2n) is 3.99. The van der Waals surface area contributed by atoms with Gasteiger partial charge in [0.05, 0.1) is 15.9 Å². The van der Waals surface area contributed by atoms with Crippen LogP contribution in [0.2, 0.25) is 5.02 Å². The second kappa shape index (κ2) is 6.89. The Morgan fingerprint density at radius 1 is 1.68 bits per heavy atom. The van der Waals surface area contributed by atoms with Gasteiger partial charge in [-0.15, -0.1) is 0 Å². The number of pyridine rings is 1. The van der Waals surface area contributed by atoms with Crippen molar-refractivity contribution >= 4 is 29.1 Å². The minimum Gasteiger partial charge on any atom is -0.481 e. The first kappa shape index (κ1) is 15.2. The van der Waals surface area contributed by atoms with E-state index in [0.29, 0.717) is 6.42 Å². The van der Waals surface area contributed by atoms with Gasteiger partial charge >= 0.3 is 5.97 Å². The van der Waals surface area contributed by atoms with Gasteiger partial charge in [0.15, 0.2) is 0 Å². The zero-order chi connectivity index (χ0) is 14.4. The molecule has 0 fully saturated rings. The van der Waals surface area contributed by atoms with Crippen LogP contribution in [-0.2, 0) is 4.79 Å². The second-order valence-corrected chi connectivity index (χ2v) is 4.39. The van der Waals surface area contributed by atoms with Crippen molar-refractivity contribution in [1.29, 1.82) is 0 Å². The number of carbonyl (C=O) groups is 1. The lowest BCUT2D eigenvalue weighted by Gasteiger charge is -2.13. The molecular formula is C11H14ClN3O4. The first-order valence-corrected chi connectivity index (χ1v) is 6.10. The number of aromatic nitrogens is 1. The van der Waals surface area contributed by atoms with Crippen LogP contribution in [0.3, 0.4) is 0 Å². The molecule has 1 rings (SSSR count). The van der Waals surface area contributed by atoms with Crippen molar-refractivity contribution in [2.75, 3.05) is 11.9 Å². The molecule has 0 aliphatic rings. The number of nitrogens with zero attached hydrogens (tertiary/aromatic N) is 2. The Labute approximate surface area is 114 Å². The molecule has 0 aliphatic carbocycles. The minimum absolute atomic E-state index is 0.0924. The molecule has 0 amide bonds. The van der Waals surface area contributed by atoms with Gasteiger partial charge in [0.25, 0.3) is 5.69 Å². The van der Waals surface area contributed by atoms with Gasteiger partial charge < -0.3 is 10.4 Å². The van der Waals surface area contributed by atoms with Gasteiger partial charge in [-0.05, 0) is 6.42 Å². The maximum Gasteiger partial charge on any atom is 0.308 e. The molecule has 0 aromatic carbocycles. The largest absolute Gasteiger partial charge is 0.481 e. The Morgan fingerprint density at radius 3 is 2.84 bits per heavy atom. The van der Waals surface area contributed by atoms with Crippen molar-refractivity contribution in [2.24, 2.45) is 5.92 Å². The van der Waals surface area contributed by atoms with E-state index in [-0.39, 0.29) is 23.1 Å². The number of hydrogen-bond donors (Lipinski definition) is 2. The molecule has 1 unspecified atom stereocenters. The van der Waals surface area contributed by atoms with Crippen LogP contribution in [0.15, 0.2) is 12.3 Å². The molecule has 0 bridgehead atoms. The summed E-state index contributed by atoms with van der Waals surface area (Å²) in [6.45, 7) is 2.07. The van der Waals surface area contributed by atoms with Crippen molar-refractivity contribution in [3.63, 3.8) is 0 Å². The van der Waals surface area contributed by atoms with E-state index in [1.165, 1.54) is 6.07 Å². The summed E-state index contributed by atoms with van der Waals surface area (Å²) in [5, 5.41) is 22.4. The fourth-order valence-electron chi connectivity index (χ4n) is 1.54. The van der Waals surface area contributed by atoms with Gasteiger partial charge in [-0.3, -0.25) is 14.9 Å². The van der Waals surface area contributed by atoms with E-state index in [1.54, 1.807) is 0 Å². The average molecular weight is 288 g/mol. The minimum atomic E-state index is -0.896. The van der Waals surface area contributed by atoms with Crippen LogP contribution in [0.1, 0.15) is 19.8 Å². The third-order valence-electron chi connectivity index (χ3n) is 2.54. The predicted molar refractivity (Wildman–Crippen MR) is 70.4 cm³/mol. The molecule has 0 spiro atoms. The fraction of sp³-hybridized carbons (Fsp3) is 0.455. The number of halogens is 1. The van der Waals surface area contributed by atoms with Gasteiger partial charge in [0, 0.05) is 12.6 Å².